The first-order chi connectivity index (χ1) is 10.0. The van der Waals surface area contributed by atoms with Crippen molar-refractivity contribution in [1.82, 2.24) is 0 Å². The van der Waals surface area contributed by atoms with Crippen molar-refractivity contribution in [3.05, 3.63) is 48.5 Å². The van der Waals surface area contributed by atoms with Crippen LogP contribution in [-0.4, -0.2) is 17.6 Å². The molecule has 1 amide bonds. The van der Waals surface area contributed by atoms with Crippen LogP contribution >= 0.6 is 43.2 Å². The molecule has 0 atom stereocenters. The maximum atomic E-state index is 12.3. The summed E-state index contributed by atoms with van der Waals surface area (Å²) in [7, 11) is 0. The first-order valence-electron chi connectivity index (χ1n) is 5.98. The number of amides is 1. The second kappa shape index (κ2) is 7.23. The molecule has 0 aliphatic rings. The molecular formula is C15H11Br2NO2S. The van der Waals surface area contributed by atoms with Crippen LogP contribution in [0.4, 0.5) is 5.69 Å². The van der Waals surface area contributed by atoms with Crippen molar-refractivity contribution in [2.24, 2.45) is 0 Å². The summed E-state index contributed by atoms with van der Waals surface area (Å²) in [5.74, 6) is 5.22. The van der Waals surface area contributed by atoms with E-state index in [2.05, 4.69) is 49.0 Å². The third-order valence-corrected chi connectivity index (χ3v) is 4.97. The van der Waals surface area contributed by atoms with Crippen molar-refractivity contribution in [3.8, 4) is 11.8 Å². The molecule has 0 bridgehead atoms. The van der Waals surface area contributed by atoms with Crippen LogP contribution in [0.15, 0.2) is 31.8 Å². The van der Waals surface area contributed by atoms with Crippen LogP contribution in [0.2, 0.25) is 0 Å². The molecule has 0 saturated heterocycles. The first kappa shape index (κ1) is 16.2. The number of rotatable bonds is 2. The van der Waals surface area contributed by atoms with Gasteiger partial charge >= 0.3 is 0 Å². The molecule has 21 heavy (non-hydrogen) atoms. The maximum Gasteiger partial charge on any atom is 0.257 e. The highest BCUT2D eigenvalue weighted by atomic mass is 79.9. The lowest BCUT2D eigenvalue weighted by atomic mass is 10.1. The number of aliphatic hydroxyl groups is 1. The van der Waals surface area contributed by atoms with E-state index in [0.29, 0.717) is 16.8 Å². The summed E-state index contributed by atoms with van der Waals surface area (Å²) < 4.78 is 1.64. The summed E-state index contributed by atoms with van der Waals surface area (Å²) in [5.41, 5.74) is 2.89. The van der Waals surface area contributed by atoms with E-state index in [1.807, 2.05) is 25.1 Å². The Hall–Kier alpha value is -1.13. The minimum Gasteiger partial charge on any atom is -0.384 e. The molecule has 6 heteroatoms. The summed E-state index contributed by atoms with van der Waals surface area (Å²) in [6, 6.07) is 7.36. The lowest BCUT2D eigenvalue weighted by molar-refractivity contribution is 0.102. The van der Waals surface area contributed by atoms with Crippen molar-refractivity contribution >= 4 is 54.8 Å². The Bertz CT molecular complexity index is 744. The van der Waals surface area contributed by atoms with Gasteiger partial charge in [-0.3, -0.25) is 4.79 Å². The first-order valence-corrected chi connectivity index (χ1v) is 8.38. The number of hydrogen-bond acceptors (Lipinski definition) is 3. The minimum atomic E-state index is -0.218. The van der Waals surface area contributed by atoms with Crippen LogP contribution in [-0.2, 0) is 0 Å². The number of aliphatic hydroxyl groups excluding tert-OH is 1. The van der Waals surface area contributed by atoms with E-state index in [0.717, 1.165) is 13.1 Å². The summed E-state index contributed by atoms with van der Waals surface area (Å²) in [6.07, 6.45) is 0. The Balaban J connectivity index is 2.32. The van der Waals surface area contributed by atoms with E-state index in [9.17, 15) is 4.79 Å². The SMILES string of the molecule is Cc1ccc(C#CCO)c(NC(=O)c2cc(Br)sc2Br)c1. The number of aryl methyl sites for hydroxylation is 1. The zero-order valence-corrected chi connectivity index (χ0v) is 15.0. The fraction of sp³-hybridized carbons (Fsp3) is 0.133. The van der Waals surface area contributed by atoms with Crippen molar-refractivity contribution in [2.45, 2.75) is 6.92 Å². The molecule has 0 fully saturated rings. The Morgan fingerprint density at radius 1 is 1.38 bits per heavy atom. The average molecular weight is 429 g/mol. The highest BCUT2D eigenvalue weighted by Crippen LogP contribution is 2.32. The van der Waals surface area contributed by atoms with Gasteiger partial charge in [-0.15, -0.1) is 11.3 Å². The van der Waals surface area contributed by atoms with Crippen LogP contribution in [0.5, 0.6) is 0 Å². The number of carbonyl (C=O) groups is 1. The van der Waals surface area contributed by atoms with Gasteiger partial charge in [0.25, 0.3) is 5.91 Å². The highest BCUT2D eigenvalue weighted by molar-refractivity contribution is 9.12. The third-order valence-electron chi connectivity index (χ3n) is 2.63. The Kier molecular flexibility index (Phi) is 5.59. The van der Waals surface area contributed by atoms with Gasteiger partial charge in [0.05, 0.1) is 18.8 Å². The summed E-state index contributed by atoms with van der Waals surface area (Å²) >= 11 is 8.17. The molecule has 2 N–H and O–H groups in total. The molecule has 0 aliphatic heterocycles. The molecule has 0 saturated carbocycles. The smallest absolute Gasteiger partial charge is 0.257 e. The molecule has 1 aromatic heterocycles. The van der Waals surface area contributed by atoms with E-state index < -0.39 is 0 Å². The molecule has 1 heterocycles. The molecule has 0 radical (unpaired) electrons. The number of hydrogen-bond donors (Lipinski definition) is 2. The van der Waals surface area contributed by atoms with E-state index in [1.54, 1.807) is 6.07 Å². The van der Waals surface area contributed by atoms with Crippen molar-refractivity contribution in [2.75, 3.05) is 11.9 Å². The molecule has 1 aromatic carbocycles. The number of nitrogens with one attached hydrogen (secondary N) is 1. The molecule has 3 nitrogen and oxygen atoms in total. The lowest BCUT2D eigenvalue weighted by Gasteiger charge is -2.08. The molecular weight excluding hydrogens is 418 g/mol. The number of benzene rings is 1. The number of thiophene rings is 1. The standard InChI is InChI=1S/C15H11Br2NO2S/c1-9-4-5-10(3-2-6-19)12(7-9)18-15(20)11-8-13(16)21-14(11)17/h4-5,7-8,19H,6H2,1H3,(H,18,20). The van der Waals surface area contributed by atoms with Crippen LogP contribution in [0.25, 0.3) is 0 Å². The van der Waals surface area contributed by atoms with Crippen molar-refractivity contribution in [3.63, 3.8) is 0 Å². The Morgan fingerprint density at radius 3 is 2.76 bits per heavy atom. The lowest BCUT2D eigenvalue weighted by Crippen LogP contribution is -2.12. The van der Waals surface area contributed by atoms with Crippen LogP contribution < -0.4 is 5.32 Å². The minimum absolute atomic E-state index is 0.207. The largest absolute Gasteiger partial charge is 0.384 e. The number of carbonyl (C=O) groups excluding carboxylic acids is 1. The van der Waals surface area contributed by atoms with Crippen LogP contribution in [0.1, 0.15) is 21.5 Å². The van der Waals surface area contributed by atoms with Gasteiger partial charge in [-0.05, 0) is 62.5 Å². The topological polar surface area (TPSA) is 49.3 Å². The van der Waals surface area contributed by atoms with E-state index in [-0.39, 0.29) is 12.5 Å². The van der Waals surface area contributed by atoms with E-state index in [1.165, 1.54) is 11.3 Å². The Morgan fingerprint density at radius 2 is 2.14 bits per heavy atom. The second-order valence-electron chi connectivity index (χ2n) is 4.20. The quantitative estimate of drug-likeness (QED) is 0.705. The molecule has 0 spiro atoms. The predicted octanol–water partition coefficient (Wildman–Crippen LogP) is 4.18. The van der Waals surface area contributed by atoms with Gasteiger partial charge in [0, 0.05) is 5.56 Å². The fourth-order valence-corrected chi connectivity index (χ4v) is 4.48. The van der Waals surface area contributed by atoms with Gasteiger partial charge in [0.2, 0.25) is 0 Å². The molecule has 0 unspecified atom stereocenters. The van der Waals surface area contributed by atoms with Gasteiger partial charge in [-0.1, -0.05) is 17.9 Å². The predicted molar refractivity (Wildman–Crippen MR) is 92.8 cm³/mol. The summed E-state index contributed by atoms with van der Waals surface area (Å²) in [4.78, 5) is 12.3. The molecule has 0 aliphatic carbocycles. The summed E-state index contributed by atoms with van der Waals surface area (Å²) in [5, 5.41) is 11.7. The zero-order chi connectivity index (χ0) is 15.4. The van der Waals surface area contributed by atoms with E-state index >= 15 is 0 Å². The number of anilines is 1. The summed E-state index contributed by atoms with van der Waals surface area (Å²) in [6.45, 7) is 1.72. The highest BCUT2D eigenvalue weighted by Gasteiger charge is 2.15. The van der Waals surface area contributed by atoms with Crippen LogP contribution in [0.3, 0.4) is 0 Å². The zero-order valence-electron chi connectivity index (χ0n) is 11.0. The second-order valence-corrected chi connectivity index (χ2v) is 7.95. The number of halogens is 2. The molecule has 108 valence electrons. The normalized spacial score (nSPS) is 9.90. The molecule has 2 aromatic rings. The molecule has 2 rings (SSSR count). The van der Waals surface area contributed by atoms with Gasteiger partial charge < -0.3 is 10.4 Å². The van der Waals surface area contributed by atoms with Gasteiger partial charge in [0.1, 0.15) is 6.61 Å². The van der Waals surface area contributed by atoms with Gasteiger partial charge in [0.15, 0.2) is 0 Å². The average Bonchev–Trinajstić information content (AvgIpc) is 2.77. The van der Waals surface area contributed by atoms with E-state index in [4.69, 9.17) is 5.11 Å². The maximum absolute atomic E-state index is 12.3. The van der Waals surface area contributed by atoms with Crippen LogP contribution in [0, 0.1) is 18.8 Å². The Labute approximate surface area is 143 Å². The van der Waals surface area contributed by atoms with Gasteiger partial charge in [-0.25, -0.2) is 0 Å². The monoisotopic (exact) mass is 427 g/mol. The van der Waals surface area contributed by atoms with Crippen molar-refractivity contribution in [1.29, 1.82) is 0 Å². The van der Waals surface area contributed by atoms with Gasteiger partial charge in [-0.2, -0.15) is 0 Å². The fourth-order valence-electron chi connectivity index (χ4n) is 1.69. The third kappa shape index (κ3) is 4.17. The van der Waals surface area contributed by atoms with Crippen molar-refractivity contribution < 1.29 is 9.90 Å².